The average molecular weight is 343 g/mol. The summed E-state index contributed by atoms with van der Waals surface area (Å²) in [6.45, 7) is 5.97. The van der Waals surface area contributed by atoms with Crippen LogP contribution in [0.4, 0.5) is 0 Å². The van der Waals surface area contributed by atoms with Crippen molar-refractivity contribution < 1.29 is 19.0 Å². The van der Waals surface area contributed by atoms with E-state index in [1.807, 2.05) is 20.8 Å². The van der Waals surface area contributed by atoms with Gasteiger partial charge in [-0.25, -0.2) is 0 Å². The van der Waals surface area contributed by atoms with E-state index in [-0.39, 0.29) is 18.6 Å². The van der Waals surface area contributed by atoms with Gasteiger partial charge in [0, 0.05) is 18.2 Å². The first-order valence-corrected chi connectivity index (χ1v) is 8.15. The van der Waals surface area contributed by atoms with Crippen molar-refractivity contribution in [2.24, 2.45) is 0 Å². The maximum Gasteiger partial charge on any atom is 0.258 e. The predicted molar refractivity (Wildman–Crippen MR) is 97.5 cm³/mol. The highest BCUT2D eigenvalue weighted by Gasteiger charge is 2.13. The van der Waals surface area contributed by atoms with Gasteiger partial charge in [0.25, 0.3) is 5.91 Å². The Balaban J connectivity index is 1.97. The highest BCUT2D eigenvalue weighted by atomic mass is 16.5. The molecule has 0 radical (unpaired) electrons. The van der Waals surface area contributed by atoms with Crippen LogP contribution in [-0.2, 0) is 4.79 Å². The summed E-state index contributed by atoms with van der Waals surface area (Å²) in [4.78, 5) is 12.2. The molecule has 0 aliphatic carbocycles. The Kier molecular flexibility index (Phi) is 6.28. The summed E-state index contributed by atoms with van der Waals surface area (Å²) in [6.07, 6.45) is 0. The molecule has 0 heterocycles. The number of carbonyl (C=O) groups is 1. The van der Waals surface area contributed by atoms with E-state index >= 15 is 0 Å². The van der Waals surface area contributed by atoms with E-state index in [0.29, 0.717) is 17.2 Å². The largest absolute Gasteiger partial charge is 0.496 e. The Morgan fingerprint density at radius 2 is 1.60 bits per heavy atom. The van der Waals surface area contributed by atoms with Gasteiger partial charge in [-0.05, 0) is 31.9 Å². The summed E-state index contributed by atoms with van der Waals surface area (Å²) < 4.78 is 16.0. The van der Waals surface area contributed by atoms with E-state index in [2.05, 4.69) is 23.5 Å². The van der Waals surface area contributed by atoms with Crippen LogP contribution in [0.1, 0.15) is 29.7 Å². The van der Waals surface area contributed by atoms with Gasteiger partial charge < -0.3 is 19.5 Å². The standard InChI is InChI=1S/C20H25NO4/c1-13-6-7-14(2)19(8-13)15(3)21-20(22)12-25-18-10-16(23-4)9-17(11-18)24-5/h6-11,15H,12H2,1-5H3,(H,21,22)/t15-/m0/s1. The van der Waals surface area contributed by atoms with Gasteiger partial charge in [0.1, 0.15) is 17.2 Å². The third-order valence-electron chi connectivity index (χ3n) is 3.97. The van der Waals surface area contributed by atoms with Gasteiger partial charge in [0.2, 0.25) is 0 Å². The van der Waals surface area contributed by atoms with Crippen LogP contribution < -0.4 is 19.5 Å². The topological polar surface area (TPSA) is 56.8 Å². The Hall–Kier alpha value is -2.69. The molecule has 0 fully saturated rings. The second-order valence-corrected chi connectivity index (χ2v) is 5.99. The minimum absolute atomic E-state index is 0.0779. The summed E-state index contributed by atoms with van der Waals surface area (Å²) in [6, 6.07) is 11.3. The molecule has 134 valence electrons. The first-order chi connectivity index (χ1) is 11.9. The number of methoxy groups -OCH3 is 2. The zero-order valence-electron chi connectivity index (χ0n) is 15.4. The SMILES string of the molecule is COc1cc(OC)cc(OCC(=O)N[C@@H](C)c2cc(C)ccc2C)c1. The molecule has 25 heavy (non-hydrogen) atoms. The molecule has 5 nitrogen and oxygen atoms in total. The molecule has 5 heteroatoms. The molecule has 1 N–H and O–H groups in total. The highest BCUT2D eigenvalue weighted by Crippen LogP contribution is 2.27. The highest BCUT2D eigenvalue weighted by molar-refractivity contribution is 5.78. The van der Waals surface area contributed by atoms with Gasteiger partial charge in [0.05, 0.1) is 20.3 Å². The van der Waals surface area contributed by atoms with Crippen LogP contribution in [0.5, 0.6) is 17.2 Å². The van der Waals surface area contributed by atoms with Crippen molar-refractivity contribution in [2.45, 2.75) is 26.8 Å². The van der Waals surface area contributed by atoms with E-state index in [9.17, 15) is 4.79 Å². The van der Waals surface area contributed by atoms with E-state index in [0.717, 1.165) is 11.1 Å². The van der Waals surface area contributed by atoms with Crippen LogP contribution in [0.15, 0.2) is 36.4 Å². The average Bonchev–Trinajstić information content (AvgIpc) is 2.61. The fourth-order valence-electron chi connectivity index (χ4n) is 2.60. The van der Waals surface area contributed by atoms with Crippen molar-refractivity contribution in [1.82, 2.24) is 5.32 Å². The van der Waals surface area contributed by atoms with Crippen molar-refractivity contribution in [3.05, 3.63) is 53.1 Å². The zero-order chi connectivity index (χ0) is 18.4. The number of hydrogen-bond donors (Lipinski definition) is 1. The molecule has 0 aliphatic heterocycles. The number of amides is 1. The molecule has 0 saturated heterocycles. The van der Waals surface area contributed by atoms with E-state index in [1.54, 1.807) is 32.4 Å². The zero-order valence-corrected chi connectivity index (χ0v) is 15.4. The Bertz CT molecular complexity index is 720. The number of carbonyl (C=O) groups excluding carboxylic acids is 1. The number of ether oxygens (including phenoxy) is 3. The molecule has 0 saturated carbocycles. The first kappa shape index (κ1) is 18.6. The van der Waals surface area contributed by atoms with Crippen LogP contribution in [0, 0.1) is 13.8 Å². The van der Waals surface area contributed by atoms with Crippen LogP contribution in [-0.4, -0.2) is 26.7 Å². The molecule has 0 bridgehead atoms. The minimum Gasteiger partial charge on any atom is -0.496 e. The molecule has 1 atom stereocenters. The lowest BCUT2D eigenvalue weighted by Gasteiger charge is -2.18. The summed E-state index contributed by atoms with van der Waals surface area (Å²) in [5, 5.41) is 2.97. The van der Waals surface area contributed by atoms with Gasteiger partial charge in [-0.2, -0.15) is 0 Å². The first-order valence-electron chi connectivity index (χ1n) is 8.15. The summed E-state index contributed by atoms with van der Waals surface area (Å²) >= 11 is 0. The quantitative estimate of drug-likeness (QED) is 0.835. The van der Waals surface area contributed by atoms with Crippen molar-refractivity contribution in [3.8, 4) is 17.2 Å². The number of aryl methyl sites for hydroxylation is 2. The Morgan fingerprint density at radius 3 is 2.20 bits per heavy atom. The van der Waals surface area contributed by atoms with E-state index < -0.39 is 0 Å². The van der Waals surface area contributed by atoms with Crippen molar-refractivity contribution in [1.29, 1.82) is 0 Å². The summed E-state index contributed by atoms with van der Waals surface area (Å²) in [7, 11) is 3.13. The van der Waals surface area contributed by atoms with Crippen molar-refractivity contribution in [2.75, 3.05) is 20.8 Å². The molecule has 0 aromatic heterocycles. The van der Waals surface area contributed by atoms with Gasteiger partial charge >= 0.3 is 0 Å². The lowest BCUT2D eigenvalue weighted by molar-refractivity contribution is -0.123. The minimum atomic E-state index is -0.185. The second-order valence-electron chi connectivity index (χ2n) is 5.99. The number of nitrogens with one attached hydrogen (secondary N) is 1. The molecular weight excluding hydrogens is 318 g/mol. The van der Waals surface area contributed by atoms with Gasteiger partial charge in [-0.1, -0.05) is 23.8 Å². The molecule has 2 aromatic rings. The predicted octanol–water partition coefficient (Wildman–Crippen LogP) is 3.58. The number of rotatable bonds is 7. The molecule has 0 aliphatic rings. The van der Waals surface area contributed by atoms with Crippen LogP contribution >= 0.6 is 0 Å². The fourth-order valence-corrected chi connectivity index (χ4v) is 2.60. The molecule has 1 amide bonds. The van der Waals surface area contributed by atoms with Crippen LogP contribution in [0.25, 0.3) is 0 Å². The normalized spacial score (nSPS) is 11.6. The maximum atomic E-state index is 12.2. The smallest absolute Gasteiger partial charge is 0.258 e. The van der Waals surface area contributed by atoms with Gasteiger partial charge in [-0.15, -0.1) is 0 Å². The fraction of sp³-hybridized carbons (Fsp3) is 0.350. The van der Waals surface area contributed by atoms with Crippen molar-refractivity contribution in [3.63, 3.8) is 0 Å². The van der Waals surface area contributed by atoms with Crippen molar-refractivity contribution >= 4 is 5.91 Å². The Morgan fingerprint density at radius 1 is 1.00 bits per heavy atom. The molecular formula is C20H25NO4. The third kappa shape index (κ3) is 5.14. The van der Waals surface area contributed by atoms with Gasteiger partial charge in [-0.3, -0.25) is 4.79 Å². The maximum absolute atomic E-state index is 12.2. The monoisotopic (exact) mass is 343 g/mol. The molecule has 2 rings (SSSR count). The lowest BCUT2D eigenvalue weighted by atomic mass is 10.00. The molecule has 0 spiro atoms. The lowest BCUT2D eigenvalue weighted by Crippen LogP contribution is -2.31. The number of hydrogen-bond acceptors (Lipinski definition) is 4. The number of benzene rings is 2. The molecule has 0 unspecified atom stereocenters. The van der Waals surface area contributed by atoms with Gasteiger partial charge in [0.15, 0.2) is 6.61 Å². The van der Waals surface area contributed by atoms with Crippen LogP contribution in [0.2, 0.25) is 0 Å². The second kappa shape index (κ2) is 8.42. The van der Waals surface area contributed by atoms with Crippen LogP contribution in [0.3, 0.4) is 0 Å². The summed E-state index contributed by atoms with van der Waals surface area (Å²) in [5.74, 6) is 1.55. The van der Waals surface area contributed by atoms with E-state index in [1.165, 1.54) is 5.56 Å². The van der Waals surface area contributed by atoms with E-state index in [4.69, 9.17) is 14.2 Å². The third-order valence-corrected chi connectivity index (χ3v) is 3.97. The summed E-state index contributed by atoms with van der Waals surface area (Å²) in [5.41, 5.74) is 3.43. The molecule has 2 aromatic carbocycles. The Labute approximate surface area is 148 Å².